The van der Waals surface area contributed by atoms with E-state index in [4.69, 9.17) is 0 Å². The molecule has 0 rings (SSSR count). The Bertz CT molecular complexity index is 413. The first kappa shape index (κ1) is 18.2. The molecular formula is C9H7F7O4. The first-order valence-corrected chi connectivity index (χ1v) is 4.57. The molecule has 0 spiro atoms. The summed E-state index contributed by atoms with van der Waals surface area (Å²) in [7, 11) is 0. The van der Waals surface area contributed by atoms with Crippen molar-refractivity contribution in [2.45, 2.75) is 24.9 Å². The van der Waals surface area contributed by atoms with Gasteiger partial charge in [-0.15, -0.1) is 0 Å². The molecule has 116 valence electrons. The smallest absolute Gasteiger partial charge is 0.425 e. The molecule has 0 aromatic heterocycles. The minimum atomic E-state index is -6.66. The summed E-state index contributed by atoms with van der Waals surface area (Å²) in [5.41, 5.74) is -0.242. The molecule has 0 saturated heterocycles. The van der Waals surface area contributed by atoms with Gasteiger partial charge >= 0.3 is 30.0 Å². The molecule has 0 fully saturated rings. The molecular weight excluding hydrogens is 305 g/mol. The van der Waals surface area contributed by atoms with Crippen LogP contribution in [0.3, 0.4) is 0 Å². The lowest BCUT2D eigenvalue weighted by atomic mass is 10.1. The van der Waals surface area contributed by atoms with Gasteiger partial charge in [0.15, 0.2) is 0 Å². The van der Waals surface area contributed by atoms with Crippen LogP contribution >= 0.6 is 0 Å². The third kappa shape index (κ3) is 3.61. The molecule has 0 aliphatic rings. The van der Waals surface area contributed by atoms with E-state index in [1.54, 1.807) is 0 Å². The van der Waals surface area contributed by atoms with Crippen LogP contribution in [0.15, 0.2) is 12.2 Å². The lowest BCUT2D eigenvalue weighted by molar-refractivity contribution is -0.349. The lowest BCUT2D eigenvalue weighted by Crippen LogP contribution is -2.56. The quantitative estimate of drug-likeness (QED) is 0.339. The molecule has 20 heavy (non-hydrogen) atoms. The Kier molecular flexibility index (Phi) is 5.16. The Morgan fingerprint density at radius 3 is 1.80 bits per heavy atom. The highest BCUT2D eigenvalue weighted by molar-refractivity contribution is 5.87. The first-order valence-electron chi connectivity index (χ1n) is 4.57. The van der Waals surface area contributed by atoms with Crippen LogP contribution in [0.2, 0.25) is 0 Å². The van der Waals surface area contributed by atoms with Crippen LogP contribution in [-0.2, 0) is 19.1 Å². The van der Waals surface area contributed by atoms with Gasteiger partial charge in [-0.25, -0.2) is 9.59 Å². The topological polar surface area (TPSA) is 52.6 Å². The number of ether oxygens (including phenoxy) is 2. The third-order valence-electron chi connectivity index (χ3n) is 1.74. The molecule has 0 bridgehead atoms. The van der Waals surface area contributed by atoms with Crippen LogP contribution in [0.25, 0.3) is 0 Å². The van der Waals surface area contributed by atoms with E-state index < -0.39 is 36.8 Å². The summed E-state index contributed by atoms with van der Waals surface area (Å²) >= 11 is 0. The van der Waals surface area contributed by atoms with Crippen molar-refractivity contribution in [2.75, 3.05) is 6.79 Å². The van der Waals surface area contributed by atoms with Gasteiger partial charge in [0.25, 0.3) is 0 Å². The Balaban J connectivity index is 4.77. The van der Waals surface area contributed by atoms with E-state index in [2.05, 4.69) is 16.1 Å². The highest BCUT2D eigenvalue weighted by atomic mass is 19.4. The van der Waals surface area contributed by atoms with Crippen LogP contribution in [0.1, 0.15) is 6.92 Å². The van der Waals surface area contributed by atoms with Crippen molar-refractivity contribution in [1.82, 2.24) is 0 Å². The second kappa shape index (κ2) is 5.67. The monoisotopic (exact) mass is 312 g/mol. The van der Waals surface area contributed by atoms with Gasteiger partial charge in [0, 0.05) is 5.57 Å². The predicted octanol–water partition coefficient (Wildman–Crippen LogP) is 2.44. The van der Waals surface area contributed by atoms with Gasteiger partial charge in [0.2, 0.25) is 6.79 Å². The molecule has 0 unspecified atom stereocenters. The molecule has 0 aliphatic carbocycles. The SMILES string of the molecule is C=C(C)C(=O)OCOC(=O)C(F)(F)C(F)(F)C(F)(F)F. The second-order valence-corrected chi connectivity index (χ2v) is 3.41. The van der Waals surface area contributed by atoms with Gasteiger partial charge in [-0.1, -0.05) is 6.58 Å². The van der Waals surface area contributed by atoms with Gasteiger partial charge < -0.3 is 9.47 Å². The Morgan fingerprint density at radius 2 is 1.45 bits per heavy atom. The van der Waals surface area contributed by atoms with Gasteiger partial charge in [-0.2, -0.15) is 30.7 Å². The molecule has 0 heterocycles. The molecule has 11 heteroatoms. The molecule has 0 aromatic rings. The van der Waals surface area contributed by atoms with Crippen molar-refractivity contribution in [2.24, 2.45) is 0 Å². The highest BCUT2D eigenvalue weighted by Gasteiger charge is 2.77. The van der Waals surface area contributed by atoms with Crippen LogP contribution in [0.4, 0.5) is 30.7 Å². The van der Waals surface area contributed by atoms with Gasteiger partial charge in [-0.05, 0) is 6.92 Å². The normalized spacial score (nSPS) is 12.8. The number of hydrogen-bond acceptors (Lipinski definition) is 4. The molecule has 0 atom stereocenters. The standard InChI is InChI=1S/C9H7F7O4/c1-4(2)5(17)19-3-20-6(18)7(10,11)8(12,13)9(14,15)16/h1,3H2,2H3. The van der Waals surface area contributed by atoms with Crippen molar-refractivity contribution in [1.29, 1.82) is 0 Å². The molecule has 0 amide bonds. The average molecular weight is 312 g/mol. The summed E-state index contributed by atoms with van der Waals surface area (Å²) in [6, 6.07) is 0. The maximum atomic E-state index is 12.7. The summed E-state index contributed by atoms with van der Waals surface area (Å²) in [6.07, 6.45) is -6.66. The minimum Gasteiger partial charge on any atom is -0.425 e. The molecule has 0 saturated carbocycles. The van der Waals surface area contributed by atoms with Crippen LogP contribution < -0.4 is 0 Å². The summed E-state index contributed by atoms with van der Waals surface area (Å²) in [5.74, 6) is -17.2. The summed E-state index contributed by atoms with van der Waals surface area (Å²) in [6.45, 7) is 2.60. The Hall–Kier alpha value is -1.81. The largest absolute Gasteiger partial charge is 0.460 e. The number of carbonyl (C=O) groups excluding carboxylic acids is 2. The Labute approximate surface area is 107 Å². The fraction of sp³-hybridized carbons (Fsp3) is 0.556. The summed E-state index contributed by atoms with van der Waals surface area (Å²) in [4.78, 5) is 21.2. The van der Waals surface area contributed by atoms with Crippen molar-refractivity contribution in [3.05, 3.63) is 12.2 Å². The lowest BCUT2D eigenvalue weighted by Gasteiger charge is -2.26. The minimum absolute atomic E-state index is 0.242. The maximum absolute atomic E-state index is 12.7. The number of carbonyl (C=O) groups is 2. The number of halogens is 7. The fourth-order valence-electron chi connectivity index (χ4n) is 0.657. The molecule has 0 radical (unpaired) electrons. The molecule has 4 nitrogen and oxygen atoms in total. The van der Waals surface area contributed by atoms with E-state index in [9.17, 15) is 40.3 Å². The van der Waals surface area contributed by atoms with Crippen molar-refractivity contribution >= 4 is 11.9 Å². The maximum Gasteiger partial charge on any atom is 0.460 e. The number of rotatable bonds is 5. The third-order valence-corrected chi connectivity index (χ3v) is 1.74. The van der Waals surface area contributed by atoms with E-state index in [0.29, 0.717) is 0 Å². The zero-order valence-corrected chi connectivity index (χ0v) is 9.69. The van der Waals surface area contributed by atoms with Crippen molar-refractivity contribution in [3.8, 4) is 0 Å². The Morgan fingerprint density at radius 1 is 1.00 bits per heavy atom. The predicted molar refractivity (Wildman–Crippen MR) is 47.8 cm³/mol. The molecule has 0 aromatic carbocycles. The number of alkyl halides is 7. The average Bonchev–Trinajstić information content (AvgIpc) is 2.26. The second-order valence-electron chi connectivity index (χ2n) is 3.41. The van der Waals surface area contributed by atoms with E-state index in [1.807, 2.05) is 0 Å². The van der Waals surface area contributed by atoms with E-state index in [0.717, 1.165) is 6.92 Å². The van der Waals surface area contributed by atoms with Crippen LogP contribution in [0.5, 0.6) is 0 Å². The van der Waals surface area contributed by atoms with Gasteiger partial charge in [0.1, 0.15) is 0 Å². The fourth-order valence-corrected chi connectivity index (χ4v) is 0.657. The first-order chi connectivity index (χ1) is 8.75. The molecule has 0 aliphatic heterocycles. The van der Waals surface area contributed by atoms with E-state index >= 15 is 0 Å². The van der Waals surface area contributed by atoms with E-state index in [-0.39, 0.29) is 5.57 Å². The number of hydrogen-bond donors (Lipinski definition) is 0. The van der Waals surface area contributed by atoms with E-state index in [1.165, 1.54) is 0 Å². The zero-order chi connectivity index (χ0) is 16.4. The number of esters is 2. The summed E-state index contributed by atoms with van der Waals surface area (Å²) < 4.78 is 92.5. The molecule has 0 N–H and O–H groups in total. The van der Waals surface area contributed by atoms with Crippen LogP contribution in [0, 0.1) is 0 Å². The van der Waals surface area contributed by atoms with Crippen molar-refractivity contribution in [3.63, 3.8) is 0 Å². The highest BCUT2D eigenvalue weighted by Crippen LogP contribution is 2.46. The van der Waals surface area contributed by atoms with Crippen LogP contribution in [-0.4, -0.2) is 36.8 Å². The van der Waals surface area contributed by atoms with Crippen molar-refractivity contribution < 1.29 is 49.8 Å². The van der Waals surface area contributed by atoms with Gasteiger partial charge in [-0.3, -0.25) is 0 Å². The van der Waals surface area contributed by atoms with Gasteiger partial charge in [0.05, 0.1) is 0 Å². The zero-order valence-electron chi connectivity index (χ0n) is 9.69. The summed E-state index contributed by atoms with van der Waals surface area (Å²) in [5, 5.41) is 0.